The largest absolute Gasteiger partial charge is 0.497 e. The zero-order valence-corrected chi connectivity index (χ0v) is 19.0. The lowest BCUT2D eigenvalue weighted by Gasteiger charge is -2.24. The maximum absolute atomic E-state index is 5.36. The number of aliphatic imine (C=N–C) groups is 1. The summed E-state index contributed by atoms with van der Waals surface area (Å²) >= 11 is 0. The van der Waals surface area contributed by atoms with Crippen molar-refractivity contribution in [3.8, 4) is 5.75 Å². The van der Waals surface area contributed by atoms with E-state index in [1.807, 2.05) is 24.3 Å². The SMILES string of the molecule is CCNC(=NCC(c1cccc(OC)c1)N(C)C)NCCn1cccc1.I. The molecule has 0 aliphatic rings. The number of hydrogen-bond acceptors (Lipinski definition) is 3. The number of methoxy groups -OCH3 is 1. The maximum Gasteiger partial charge on any atom is 0.191 e. The van der Waals surface area contributed by atoms with E-state index in [-0.39, 0.29) is 30.0 Å². The Morgan fingerprint density at radius 1 is 1.19 bits per heavy atom. The van der Waals surface area contributed by atoms with Crippen molar-refractivity contribution in [3.05, 3.63) is 54.4 Å². The Morgan fingerprint density at radius 2 is 1.93 bits per heavy atom. The average molecular weight is 485 g/mol. The van der Waals surface area contributed by atoms with Crippen LogP contribution in [-0.4, -0.2) is 56.3 Å². The Hall–Kier alpha value is -1.74. The summed E-state index contributed by atoms with van der Waals surface area (Å²) in [5, 5.41) is 6.72. The molecule has 27 heavy (non-hydrogen) atoms. The molecule has 1 unspecified atom stereocenters. The first-order valence-electron chi connectivity index (χ1n) is 9.07. The van der Waals surface area contributed by atoms with Gasteiger partial charge in [0, 0.05) is 32.0 Å². The molecule has 2 N–H and O–H groups in total. The normalized spacial score (nSPS) is 12.4. The Labute approximate surface area is 180 Å². The molecule has 2 rings (SSSR count). The van der Waals surface area contributed by atoms with Crippen LogP contribution in [0.15, 0.2) is 53.8 Å². The average Bonchev–Trinajstić information content (AvgIpc) is 3.15. The molecule has 1 heterocycles. The number of guanidine groups is 1. The van der Waals surface area contributed by atoms with E-state index >= 15 is 0 Å². The van der Waals surface area contributed by atoms with Gasteiger partial charge in [-0.1, -0.05) is 12.1 Å². The Kier molecular flexibility index (Phi) is 10.9. The molecule has 0 saturated carbocycles. The smallest absolute Gasteiger partial charge is 0.191 e. The van der Waals surface area contributed by atoms with Gasteiger partial charge in [0.15, 0.2) is 5.96 Å². The Balaban J connectivity index is 0.00000364. The van der Waals surface area contributed by atoms with Crippen molar-refractivity contribution < 1.29 is 4.74 Å². The summed E-state index contributed by atoms with van der Waals surface area (Å²) in [5.41, 5.74) is 1.20. The Morgan fingerprint density at radius 3 is 2.56 bits per heavy atom. The molecule has 1 aromatic heterocycles. The van der Waals surface area contributed by atoms with Crippen LogP contribution in [-0.2, 0) is 6.54 Å². The number of nitrogens with zero attached hydrogens (tertiary/aromatic N) is 3. The predicted molar refractivity (Wildman–Crippen MR) is 123 cm³/mol. The zero-order valence-electron chi connectivity index (χ0n) is 16.7. The van der Waals surface area contributed by atoms with Crippen LogP contribution in [0, 0.1) is 0 Å². The van der Waals surface area contributed by atoms with E-state index in [0.29, 0.717) is 6.54 Å². The lowest BCUT2D eigenvalue weighted by Crippen LogP contribution is -2.39. The second-order valence-corrected chi connectivity index (χ2v) is 6.32. The topological polar surface area (TPSA) is 53.8 Å². The van der Waals surface area contributed by atoms with Gasteiger partial charge in [-0.15, -0.1) is 24.0 Å². The lowest BCUT2D eigenvalue weighted by atomic mass is 10.1. The van der Waals surface area contributed by atoms with Crippen molar-refractivity contribution in [1.82, 2.24) is 20.1 Å². The minimum atomic E-state index is 0. The van der Waals surface area contributed by atoms with Crippen LogP contribution in [0.1, 0.15) is 18.5 Å². The predicted octanol–water partition coefficient (Wildman–Crippen LogP) is 2.97. The highest BCUT2D eigenvalue weighted by atomic mass is 127. The molecule has 150 valence electrons. The summed E-state index contributed by atoms with van der Waals surface area (Å²) in [5.74, 6) is 1.71. The molecule has 1 aromatic carbocycles. The summed E-state index contributed by atoms with van der Waals surface area (Å²) < 4.78 is 7.50. The first kappa shape index (κ1) is 23.3. The van der Waals surface area contributed by atoms with E-state index in [1.165, 1.54) is 5.56 Å². The summed E-state index contributed by atoms with van der Waals surface area (Å²) in [6.45, 7) is 5.31. The molecule has 0 radical (unpaired) electrons. The van der Waals surface area contributed by atoms with E-state index < -0.39 is 0 Å². The van der Waals surface area contributed by atoms with Crippen LogP contribution in [0.5, 0.6) is 5.75 Å². The monoisotopic (exact) mass is 485 g/mol. The molecular formula is C20H32IN5O. The minimum Gasteiger partial charge on any atom is -0.497 e. The molecule has 0 fully saturated rings. The molecule has 0 bridgehead atoms. The van der Waals surface area contributed by atoms with Gasteiger partial charge in [-0.2, -0.15) is 0 Å². The number of ether oxygens (including phenoxy) is 1. The summed E-state index contributed by atoms with van der Waals surface area (Å²) in [7, 11) is 5.85. The standard InChI is InChI=1S/C20H31N5O.HI/c1-5-21-20(22-11-14-25-12-6-7-13-25)23-16-19(24(2)3)17-9-8-10-18(15-17)26-4;/h6-10,12-13,15,19H,5,11,14,16H2,1-4H3,(H2,21,22,23);1H. The maximum atomic E-state index is 5.36. The molecule has 7 heteroatoms. The number of likely N-dealkylation sites (N-methyl/N-ethyl adjacent to an activating group) is 1. The summed E-state index contributed by atoms with van der Waals surface area (Å²) in [6.07, 6.45) is 4.13. The number of halogens is 1. The molecule has 2 aromatic rings. The molecule has 0 aliphatic heterocycles. The van der Waals surface area contributed by atoms with Crippen molar-refractivity contribution >= 4 is 29.9 Å². The van der Waals surface area contributed by atoms with E-state index in [4.69, 9.17) is 9.73 Å². The second kappa shape index (κ2) is 12.6. The van der Waals surface area contributed by atoms with Crippen molar-refractivity contribution in [3.63, 3.8) is 0 Å². The second-order valence-electron chi connectivity index (χ2n) is 6.32. The lowest BCUT2D eigenvalue weighted by molar-refractivity contribution is 0.305. The number of nitrogens with one attached hydrogen (secondary N) is 2. The fourth-order valence-corrected chi connectivity index (χ4v) is 2.76. The van der Waals surface area contributed by atoms with Gasteiger partial charge in [-0.3, -0.25) is 4.99 Å². The third kappa shape index (κ3) is 7.80. The van der Waals surface area contributed by atoms with E-state index in [0.717, 1.165) is 31.3 Å². The van der Waals surface area contributed by atoms with Crippen molar-refractivity contribution in [1.29, 1.82) is 0 Å². The van der Waals surface area contributed by atoms with Gasteiger partial charge in [0.2, 0.25) is 0 Å². The minimum absolute atomic E-state index is 0. The van der Waals surface area contributed by atoms with Gasteiger partial charge < -0.3 is 24.8 Å². The molecule has 0 amide bonds. The fraction of sp³-hybridized carbons (Fsp3) is 0.450. The van der Waals surface area contributed by atoms with Crippen LogP contribution in [0.2, 0.25) is 0 Å². The van der Waals surface area contributed by atoms with Crippen LogP contribution >= 0.6 is 24.0 Å². The zero-order chi connectivity index (χ0) is 18.8. The van der Waals surface area contributed by atoms with E-state index in [9.17, 15) is 0 Å². The van der Waals surface area contributed by atoms with Gasteiger partial charge in [-0.05, 0) is 50.8 Å². The molecule has 1 atom stereocenters. The van der Waals surface area contributed by atoms with Crippen molar-refractivity contribution in [2.75, 3.05) is 40.8 Å². The number of benzene rings is 1. The molecule has 6 nitrogen and oxygen atoms in total. The van der Waals surface area contributed by atoms with Crippen LogP contribution < -0.4 is 15.4 Å². The molecule has 0 aliphatic carbocycles. The van der Waals surface area contributed by atoms with E-state index in [2.05, 4.69) is 65.6 Å². The highest BCUT2D eigenvalue weighted by Crippen LogP contribution is 2.22. The van der Waals surface area contributed by atoms with Crippen LogP contribution in [0.4, 0.5) is 0 Å². The van der Waals surface area contributed by atoms with Gasteiger partial charge in [0.05, 0.1) is 19.7 Å². The first-order chi connectivity index (χ1) is 12.6. The molecule has 0 spiro atoms. The molecule has 0 saturated heterocycles. The van der Waals surface area contributed by atoms with Gasteiger partial charge in [-0.25, -0.2) is 0 Å². The van der Waals surface area contributed by atoms with Crippen LogP contribution in [0.25, 0.3) is 0 Å². The van der Waals surface area contributed by atoms with Crippen molar-refractivity contribution in [2.24, 2.45) is 4.99 Å². The first-order valence-corrected chi connectivity index (χ1v) is 9.07. The quantitative estimate of drug-likeness (QED) is 0.326. The third-order valence-electron chi connectivity index (χ3n) is 4.20. The summed E-state index contributed by atoms with van der Waals surface area (Å²) in [6, 6.07) is 12.4. The van der Waals surface area contributed by atoms with Gasteiger partial charge >= 0.3 is 0 Å². The number of aromatic nitrogens is 1. The molecular weight excluding hydrogens is 453 g/mol. The van der Waals surface area contributed by atoms with Crippen LogP contribution in [0.3, 0.4) is 0 Å². The van der Waals surface area contributed by atoms with Gasteiger partial charge in [0.25, 0.3) is 0 Å². The van der Waals surface area contributed by atoms with Gasteiger partial charge in [0.1, 0.15) is 5.75 Å². The fourth-order valence-electron chi connectivity index (χ4n) is 2.76. The van der Waals surface area contributed by atoms with Crippen molar-refractivity contribution in [2.45, 2.75) is 19.5 Å². The number of rotatable bonds is 9. The Bertz CT molecular complexity index is 673. The highest BCUT2D eigenvalue weighted by molar-refractivity contribution is 14.0. The number of hydrogen-bond donors (Lipinski definition) is 2. The summed E-state index contributed by atoms with van der Waals surface area (Å²) in [4.78, 5) is 6.97. The third-order valence-corrected chi connectivity index (χ3v) is 4.20. The highest BCUT2D eigenvalue weighted by Gasteiger charge is 2.14. The van der Waals surface area contributed by atoms with E-state index in [1.54, 1.807) is 7.11 Å².